The quantitative estimate of drug-likeness (QED) is 0.680. The molecular weight excluding hydrogens is 126 g/mol. The van der Waals surface area contributed by atoms with E-state index in [1.54, 1.807) is 12.5 Å². The van der Waals surface area contributed by atoms with Crippen molar-refractivity contribution >= 4 is 0 Å². The molecule has 1 rings (SSSR count). The predicted molar refractivity (Wildman–Crippen MR) is 40.5 cm³/mol. The Bertz CT molecular complexity index is 179. The number of furan rings is 1. The smallest absolute Gasteiger partial charge is 0.0950 e. The zero-order valence-corrected chi connectivity index (χ0v) is 6.37. The van der Waals surface area contributed by atoms with Crippen LogP contribution >= 0.6 is 0 Å². The molecule has 56 valence electrons. The maximum absolute atomic E-state index is 5.82. The van der Waals surface area contributed by atoms with Crippen molar-refractivity contribution in [1.82, 2.24) is 0 Å². The first-order chi connectivity index (χ1) is 4.72. The fourth-order valence-electron chi connectivity index (χ4n) is 0.850. The second kappa shape index (κ2) is 2.88. The first-order valence-electron chi connectivity index (χ1n) is 3.49. The lowest BCUT2D eigenvalue weighted by Gasteiger charge is -2.12. The Morgan fingerprint density at radius 3 is 2.60 bits per heavy atom. The Morgan fingerprint density at radius 2 is 2.20 bits per heavy atom. The lowest BCUT2D eigenvalue weighted by atomic mass is 10.00. The molecule has 0 aliphatic heterocycles. The second-order valence-corrected chi connectivity index (χ2v) is 2.83. The summed E-state index contributed by atoms with van der Waals surface area (Å²) in [4.78, 5) is 0. The van der Waals surface area contributed by atoms with Gasteiger partial charge in [0.15, 0.2) is 0 Å². The van der Waals surface area contributed by atoms with Crippen molar-refractivity contribution in [3.8, 4) is 0 Å². The van der Waals surface area contributed by atoms with E-state index >= 15 is 0 Å². The van der Waals surface area contributed by atoms with E-state index in [1.807, 2.05) is 6.07 Å². The van der Waals surface area contributed by atoms with Gasteiger partial charge in [-0.3, -0.25) is 0 Å². The van der Waals surface area contributed by atoms with Crippen LogP contribution in [0.4, 0.5) is 0 Å². The van der Waals surface area contributed by atoms with E-state index < -0.39 is 0 Å². The molecule has 0 amide bonds. The van der Waals surface area contributed by atoms with Gasteiger partial charge >= 0.3 is 0 Å². The van der Waals surface area contributed by atoms with E-state index in [0.29, 0.717) is 5.92 Å². The molecule has 2 nitrogen and oxygen atoms in total. The SMILES string of the molecule is CC(C)[C@@H](N)c1ccoc1. The van der Waals surface area contributed by atoms with Gasteiger partial charge in [0.2, 0.25) is 0 Å². The number of hydrogen-bond donors (Lipinski definition) is 1. The topological polar surface area (TPSA) is 39.2 Å². The highest BCUT2D eigenvalue weighted by atomic mass is 16.3. The van der Waals surface area contributed by atoms with Crippen LogP contribution in [0.5, 0.6) is 0 Å². The van der Waals surface area contributed by atoms with Gasteiger partial charge in [-0.1, -0.05) is 13.8 Å². The van der Waals surface area contributed by atoms with Crippen molar-refractivity contribution in [2.75, 3.05) is 0 Å². The highest BCUT2D eigenvalue weighted by molar-refractivity contribution is 5.11. The van der Waals surface area contributed by atoms with E-state index in [-0.39, 0.29) is 6.04 Å². The van der Waals surface area contributed by atoms with Crippen molar-refractivity contribution < 1.29 is 4.42 Å². The molecule has 0 aromatic carbocycles. The van der Waals surface area contributed by atoms with Crippen LogP contribution in [0.15, 0.2) is 23.0 Å². The van der Waals surface area contributed by atoms with Crippen LogP contribution in [0.2, 0.25) is 0 Å². The molecule has 0 spiro atoms. The summed E-state index contributed by atoms with van der Waals surface area (Å²) in [5.74, 6) is 0.470. The Hall–Kier alpha value is -0.760. The van der Waals surface area contributed by atoms with Crippen LogP contribution < -0.4 is 5.73 Å². The Kier molecular flexibility index (Phi) is 2.12. The lowest BCUT2D eigenvalue weighted by molar-refractivity contribution is 0.500. The van der Waals surface area contributed by atoms with Gasteiger partial charge in [-0.2, -0.15) is 0 Å². The van der Waals surface area contributed by atoms with Crippen LogP contribution in [0, 0.1) is 5.92 Å². The summed E-state index contributed by atoms with van der Waals surface area (Å²) in [7, 11) is 0. The van der Waals surface area contributed by atoms with Crippen molar-refractivity contribution in [1.29, 1.82) is 0 Å². The average molecular weight is 139 g/mol. The third kappa shape index (κ3) is 1.39. The van der Waals surface area contributed by atoms with Crippen molar-refractivity contribution in [2.24, 2.45) is 11.7 Å². The third-order valence-electron chi connectivity index (χ3n) is 1.65. The molecule has 1 heterocycles. The van der Waals surface area contributed by atoms with Gasteiger partial charge in [-0.15, -0.1) is 0 Å². The van der Waals surface area contributed by atoms with Gasteiger partial charge in [0, 0.05) is 11.6 Å². The Morgan fingerprint density at radius 1 is 1.50 bits per heavy atom. The molecule has 0 aliphatic carbocycles. The molecule has 2 N–H and O–H groups in total. The maximum atomic E-state index is 5.82. The minimum absolute atomic E-state index is 0.110. The normalized spacial score (nSPS) is 14.0. The minimum Gasteiger partial charge on any atom is -0.472 e. The Labute approximate surface area is 61.0 Å². The van der Waals surface area contributed by atoms with Gasteiger partial charge in [-0.25, -0.2) is 0 Å². The molecule has 10 heavy (non-hydrogen) atoms. The van der Waals surface area contributed by atoms with E-state index in [4.69, 9.17) is 10.2 Å². The number of nitrogens with two attached hydrogens (primary N) is 1. The van der Waals surface area contributed by atoms with E-state index in [1.165, 1.54) is 0 Å². The Balaban J connectivity index is 2.68. The summed E-state index contributed by atoms with van der Waals surface area (Å²) in [5.41, 5.74) is 6.90. The summed E-state index contributed by atoms with van der Waals surface area (Å²) < 4.78 is 4.91. The van der Waals surface area contributed by atoms with E-state index in [0.717, 1.165) is 5.56 Å². The fraction of sp³-hybridized carbons (Fsp3) is 0.500. The maximum Gasteiger partial charge on any atom is 0.0950 e. The predicted octanol–water partition coefficient (Wildman–Crippen LogP) is 1.94. The zero-order valence-electron chi connectivity index (χ0n) is 6.37. The molecule has 0 bridgehead atoms. The summed E-state index contributed by atoms with van der Waals surface area (Å²) in [6.45, 7) is 4.19. The van der Waals surface area contributed by atoms with Gasteiger partial charge in [-0.05, 0) is 12.0 Å². The van der Waals surface area contributed by atoms with Gasteiger partial charge in [0.25, 0.3) is 0 Å². The standard InChI is InChI=1S/C8H13NO/c1-6(2)8(9)7-3-4-10-5-7/h3-6,8H,9H2,1-2H3/t8-/m1/s1. The number of rotatable bonds is 2. The average Bonchev–Trinajstić information content (AvgIpc) is 2.36. The second-order valence-electron chi connectivity index (χ2n) is 2.83. The first-order valence-corrected chi connectivity index (χ1v) is 3.49. The molecule has 0 unspecified atom stereocenters. The zero-order chi connectivity index (χ0) is 7.56. The summed E-state index contributed by atoms with van der Waals surface area (Å²) >= 11 is 0. The lowest BCUT2D eigenvalue weighted by Crippen LogP contribution is -2.15. The summed E-state index contributed by atoms with van der Waals surface area (Å²) in [6.07, 6.45) is 3.35. The van der Waals surface area contributed by atoms with Crippen molar-refractivity contribution in [3.63, 3.8) is 0 Å². The first kappa shape index (κ1) is 7.35. The van der Waals surface area contributed by atoms with Crippen LogP contribution in [-0.2, 0) is 0 Å². The molecule has 0 fully saturated rings. The van der Waals surface area contributed by atoms with Crippen LogP contribution in [0.25, 0.3) is 0 Å². The fourth-order valence-corrected chi connectivity index (χ4v) is 0.850. The summed E-state index contributed by atoms with van der Waals surface area (Å²) in [5, 5.41) is 0. The van der Waals surface area contributed by atoms with Gasteiger partial charge in [0.05, 0.1) is 12.5 Å². The molecule has 1 atom stereocenters. The van der Waals surface area contributed by atoms with Crippen LogP contribution in [0.3, 0.4) is 0 Å². The number of hydrogen-bond acceptors (Lipinski definition) is 2. The molecule has 0 saturated carbocycles. The van der Waals surface area contributed by atoms with Gasteiger partial charge < -0.3 is 10.2 Å². The highest BCUT2D eigenvalue weighted by Crippen LogP contribution is 2.18. The molecule has 0 saturated heterocycles. The largest absolute Gasteiger partial charge is 0.472 e. The van der Waals surface area contributed by atoms with Crippen LogP contribution in [-0.4, -0.2) is 0 Å². The highest BCUT2D eigenvalue weighted by Gasteiger charge is 2.10. The molecule has 0 aliphatic rings. The summed E-state index contributed by atoms with van der Waals surface area (Å²) in [6, 6.07) is 2.02. The van der Waals surface area contributed by atoms with Crippen molar-refractivity contribution in [3.05, 3.63) is 24.2 Å². The third-order valence-corrected chi connectivity index (χ3v) is 1.65. The monoisotopic (exact) mass is 139 g/mol. The van der Waals surface area contributed by atoms with Crippen LogP contribution in [0.1, 0.15) is 25.5 Å². The van der Waals surface area contributed by atoms with Crippen molar-refractivity contribution in [2.45, 2.75) is 19.9 Å². The molecule has 1 aromatic heterocycles. The molecule has 2 heteroatoms. The van der Waals surface area contributed by atoms with Gasteiger partial charge in [0.1, 0.15) is 0 Å². The minimum atomic E-state index is 0.110. The van der Waals surface area contributed by atoms with E-state index in [9.17, 15) is 0 Å². The molecular formula is C8H13NO. The molecule has 0 radical (unpaired) electrons. The molecule has 1 aromatic rings. The van der Waals surface area contributed by atoms with E-state index in [2.05, 4.69) is 13.8 Å².